The number of rotatable bonds is 6. The van der Waals surface area contributed by atoms with Gasteiger partial charge in [0, 0.05) is 32.3 Å². The Hall–Kier alpha value is -2.74. The molecule has 8 nitrogen and oxygen atoms in total. The zero-order valence-corrected chi connectivity index (χ0v) is 16.4. The van der Waals surface area contributed by atoms with E-state index in [0.29, 0.717) is 41.8 Å². The second kappa shape index (κ2) is 8.10. The third-order valence-electron chi connectivity index (χ3n) is 5.21. The Bertz CT molecular complexity index is 808. The highest BCUT2D eigenvalue weighted by atomic mass is 16.6. The van der Waals surface area contributed by atoms with Crippen LogP contribution >= 0.6 is 0 Å². The van der Waals surface area contributed by atoms with Gasteiger partial charge in [-0.2, -0.15) is 0 Å². The summed E-state index contributed by atoms with van der Waals surface area (Å²) in [4.78, 5) is 39.9. The summed E-state index contributed by atoms with van der Waals surface area (Å²) in [7, 11) is 1.52. The Balaban J connectivity index is 2.04. The van der Waals surface area contributed by atoms with Crippen LogP contribution in [0.2, 0.25) is 0 Å². The van der Waals surface area contributed by atoms with Crippen LogP contribution in [0.4, 0.5) is 5.69 Å². The van der Waals surface area contributed by atoms with Crippen LogP contribution < -0.4 is 0 Å². The number of methoxy groups -OCH3 is 1. The molecule has 1 aromatic rings. The van der Waals surface area contributed by atoms with Crippen LogP contribution in [0.5, 0.6) is 0 Å². The van der Waals surface area contributed by atoms with Gasteiger partial charge in [-0.1, -0.05) is 13.8 Å². The standard InChI is InChI=1S/C20H25N3O5/c1-13-10-14(2)12-21(11-13)18-17(15-4-6-16(7-5-15)23(26)27)19(24)22(20(18)25)8-9-28-3/h4-7,13-14H,8-12H2,1-3H3. The van der Waals surface area contributed by atoms with E-state index in [1.54, 1.807) is 0 Å². The molecule has 8 heteroatoms. The number of ether oxygens (including phenoxy) is 1. The number of hydrogen-bond donors (Lipinski definition) is 0. The van der Waals surface area contributed by atoms with E-state index in [1.807, 2.05) is 4.90 Å². The molecule has 0 aromatic heterocycles. The van der Waals surface area contributed by atoms with Crippen molar-refractivity contribution in [3.8, 4) is 0 Å². The number of nitro benzene ring substituents is 1. The first-order chi connectivity index (χ1) is 13.3. The minimum atomic E-state index is -0.487. The number of imide groups is 1. The van der Waals surface area contributed by atoms with Gasteiger partial charge in [-0.05, 0) is 36.0 Å². The summed E-state index contributed by atoms with van der Waals surface area (Å²) >= 11 is 0. The maximum Gasteiger partial charge on any atom is 0.277 e. The van der Waals surface area contributed by atoms with Gasteiger partial charge in [-0.15, -0.1) is 0 Å². The van der Waals surface area contributed by atoms with Crippen LogP contribution in [-0.4, -0.2) is 59.9 Å². The van der Waals surface area contributed by atoms with Crippen molar-refractivity contribution >= 4 is 23.1 Å². The maximum atomic E-state index is 13.1. The minimum absolute atomic E-state index is 0.0564. The number of nitro groups is 1. The van der Waals surface area contributed by atoms with Crippen LogP contribution in [-0.2, 0) is 14.3 Å². The lowest BCUT2D eigenvalue weighted by Crippen LogP contribution is -2.42. The van der Waals surface area contributed by atoms with Crippen molar-refractivity contribution in [2.45, 2.75) is 20.3 Å². The summed E-state index contributed by atoms with van der Waals surface area (Å²) in [5, 5.41) is 10.9. The smallest absolute Gasteiger partial charge is 0.277 e. The highest BCUT2D eigenvalue weighted by Crippen LogP contribution is 2.35. The van der Waals surface area contributed by atoms with Gasteiger partial charge in [0.25, 0.3) is 17.5 Å². The molecule has 1 fully saturated rings. The molecule has 0 aliphatic carbocycles. The number of benzene rings is 1. The molecule has 0 spiro atoms. The largest absolute Gasteiger partial charge is 0.383 e. The van der Waals surface area contributed by atoms with Gasteiger partial charge in [0.1, 0.15) is 5.70 Å². The Labute approximate surface area is 163 Å². The molecule has 2 unspecified atom stereocenters. The number of carbonyl (C=O) groups excluding carboxylic acids is 2. The lowest BCUT2D eigenvalue weighted by atomic mass is 9.91. The zero-order chi connectivity index (χ0) is 20.4. The number of amides is 2. The quantitative estimate of drug-likeness (QED) is 0.422. The zero-order valence-electron chi connectivity index (χ0n) is 16.4. The lowest BCUT2D eigenvalue weighted by molar-refractivity contribution is -0.384. The molecule has 1 saturated heterocycles. The lowest BCUT2D eigenvalue weighted by Gasteiger charge is -2.37. The molecule has 28 heavy (non-hydrogen) atoms. The molecule has 0 bridgehead atoms. The molecular formula is C20H25N3O5. The average molecular weight is 387 g/mol. The van der Waals surface area contributed by atoms with Crippen LogP contribution in [0.15, 0.2) is 30.0 Å². The van der Waals surface area contributed by atoms with E-state index in [-0.39, 0.29) is 30.7 Å². The van der Waals surface area contributed by atoms with Gasteiger partial charge in [-0.3, -0.25) is 24.6 Å². The molecule has 2 amide bonds. The van der Waals surface area contributed by atoms with Gasteiger partial charge < -0.3 is 9.64 Å². The highest BCUT2D eigenvalue weighted by Gasteiger charge is 2.42. The molecule has 3 rings (SSSR count). The van der Waals surface area contributed by atoms with Crippen molar-refractivity contribution < 1.29 is 19.2 Å². The van der Waals surface area contributed by atoms with Gasteiger partial charge in [-0.25, -0.2) is 0 Å². The van der Waals surface area contributed by atoms with Gasteiger partial charge in [0.2, 0.25) is 0 Å². The number of piperidine rings is 1. The molecular weight excluding hydrogens is 362 g/mol. The Kier molecular flexibility index (Phi) is 5.79. The first-order valence-electron chi connectivity index (χ1n) is 9.42. The second-order valence-corrected chi connectivity index (χ2v) is 7.63. The molecule has 2 aliphatic rings. The minimum Gasteiger partial charge on any atom is -0.383 e. The summed E-state index contributed by atoms with van der Waals surface area (Å²) in [6.07, 6.45) is 1.08. The molecule has 2 aliphatic heterocycles. The van der Waals surface area contributed by atoms with E-state index in [0.717, 1.165) is 6.42 Å². The number of nitrogens with zero attached hydrogens (tertiary/aromatic N) is 3. The van der Waals surface area contributed by atoms with Crippen molar-refractivity contribution in [2.24, 2.45) is 11.8 Å². The maximum absolute atomic E-state index is 13.1. The average Bonchev–Trinajstić information content (AvgIpc) is 2.89. The fourth-order valence-corrected chi connectivity index (χ4v) is 4.10. The van der Waals surface area contributed by atoms with Gasteiger partial charge in [0.15, 0.2) is 0 Å². The highest BCUT2D eigenvalue weighted by molar-refractivity contribution is 6.35. The predicted molar refractivity (Wildman–Crippen MR) is 103 cm³/mol. The monoisotopic (exact) mass is 387 g/mol. The molecule has 0 saturated carbocycles. The fourth-order valence-electron chi connectivity index (χ4n) is 4.10. The Morgan fingerprint density at radius 3 is 2.25 bits per heavy atom. The SMILES string of the molecule is COCCN1C(=O)C(c2ccc([N+](=O)[O-])cc2)=C(N2CC(C)CC(C)C2)C1=O. The molecule has 0 N–H and O–H groups in total. The predicted octanol–water partition coefficient (Wildman–Crippen LogP) is 2.30. The first-order valence-corrected chi connectivity index (χ1v) is 9.42. The van der Waals surface area contributed by atoms with Crippen LogP contribution in [0.25, 0.3) is 5.57 Å². The second-order valence-electron chi connectivity index (χ2n) is 7.63. The Morgan fingerprint density at radius 2 is 1.71 bits per heavy atom. The van der Waals surface area contributed by atoms with E-state index in [4.69, 9.17) is 4.74 Å². The molecule has 1 aromatic carbocycles. The molecule has 0 radical (unpaired) electrons. The number of carbonyl (C=O) groups is 2. The number of likely N-dealkylation sites (tertiary alicyclic amines) is 1. The van der Waals surface area contributed by atoms with Gasteiger partial charge >= 0.3 is 0 Å². The van der Waals surface area contributed by atoms with Crippen molar-refractivity contribution in [3.05, 3.63) is 45.6 Å². The van der Waals surface area contributed by atoms with E-state index in [9.17, 15) is 19.7 Å². The van der Waals surface area contributed by atoms with Crippen molar-refractivity contribution in [2.75, 3.05) is 33.4 Å². The molecule has 2 heterocycles. The molecule has 150 valence electrons. The van der Waals surface area contributed by atoms with E-state index in [2.05, 4.69) is 13.8 Å². The third kappa shape index (κ3) is 3.77. The van der Waals surface area contributed by atoms with Gasteiger partial charge in [0.05, 0.1) is 23.6 Å². The normalized spacial score (nSPS) is 23.0. The summed E-state index contributed by atoms with van der Waals surface area (Å²) in [5.74, 6) is 0.115. The number of non-ortho nitro benzene ring substituents is 1. The van der Waals surface area contributed by atoms with Crippen molar-refractivity contribution in [1.29, 1.82) is 0 Å². The number of hydrogen-bond acceptors (Lipinski definition) is 6. The fraction of sp³-hybridized carbons (Fsp3) is 0.500. The van der Waals surface area contributed by atoms with Crippen LogP contribution in [0.1, 0.15) is 25.8 Å². The van der Waals surface area contributed by atoms with E-state index >= 15 is 0 Å². The first kappa shape index (κ1) is 20.0. The topological polar surface area (TPSA) is 93.0 Å². The van der Waals surface area contributed by atoms with Crippen molar-refractivity contribution in [1.82, 2.24) is 9.80 Å². The van der Waals surface area contributed by atoms with Crippen LogP contribution in [0.3, 0.4) is 0 Å². The summed E-state index contributed by atoms with van der Waals surface area (Å²) in [5.41, 5.74) is 1.18. The van der Waals surface area contributed by atoms with Crippen molar-refractivity contribution in [3.63, 3.8) is 0 Å². The third-order valence-corrected chi connectivity index (χ3v) is 5.21. The summed E-state index contributed by atoms with van der Waals surface area (Å²) < 4.78 is 5.05. The van der Waals surface area contributed by atoms with E-state index in [1.165, 1.54) is 36.3 Å². The van der Waals surface area contributed by atoms with Crippen LogP contribution in [0, 0.1) is 22.0 Å². The summed E-state index contributed by atoms with van der Waals surface area (Å²) in [6, 6.07) is 5.79. The Morgan fingerprint density at radius 1 is 1.11 bits per heavy atom. The summed E-state index contributed by atoms with van der Waals surface area (Å²) in [6.45, 7) is 6.11. The van der Waals surface area contributed by atoms with E-state index < -0.39 is 4.92 Å². The molecule has 2 atom stereocenters.